The van der Waals surface area contributed by atoms with Crippen molar-refractivity contribution in [2.24, 2.45) is 0 Å². The molecule has 3 N–H and O–H groups in total. The second-order valence-electron chi connectivity index (χ2n) is 7.07. The van der Waals surface area contributed by atoms with Crippen molar-refractivity contribution < 1.29 is 27.7 Å². The molecule has 0 saturated carbocycles. The molecule has 0 bridgehead atoms. The Balaban J connectivity index is 1.80. The number of aromatic nitrogens is 1. The molecule has 3 rings (SSSR count). The van der Waals surface area contributed by atoms with Crippen LogP contribution in [-0.2, 0) is 4.79 Å². The summed E-state index contributed by atoms with van der Waals surface area (Å²) in [4.78, 5) is 36.8. The molecule has 13 heteroatoms. The molecule has 3 amide bonds. The zero-order valence-corrected chi connectivity index (χ0v) is 19.5. The van der Waals surface area contributed by atoms with E-state index in [0.29, 0.717) is 0 Å². The summed E-state index contributed by atoms with van der Waals surface area (Å²) in [5.41, 5.74) is -1.36. The third-order valence-corrected chi connectivity index (χ3v) is 4.81. The number of nitrogens with zero attached hydrogens (tertiary/aromatic N) is 1. The SMILES string of the molecule is CC(Cl)(Cl)CC(=O)Nc1ccc(Cl)c(C(=O)Nc2ccc(F)c(NC(=O)c3ccon3)c2F)c1. The van der Waals surface area contributed by atoms with Crippen molar-refractivity contribution in [2.75, 3.05) is 16.0 Å². The Hall–Kier alpha value is -3.21. The van der Waals surface area contributed by atoms with Gasteiger partial charge in [-0.15, -0.1) is 23.2 Å². The first kappa shape index (κ1) is 25.4. The first-order chi connectivity index (χ1) is 15.9. The fraction of sp³-hybridized carbons (Fsp3) is 0.143. The maximum Gasteiger partial charge on any atom is 0.277 e. The van der Waals surface area contributed by atoms with Gasteiger partial charge in [0, 0.05) is 11.8 Å². The zero-order chi connectivity index (χ0) is 25.0. The van der Waals surface area contributed by atoms with Crippen LogP contribution in [0.15, 0.2) is 47.2 Å². The van der Waals surface area contributed by atoms with Crippen molar-refractivity contribution in [3.8, 4) is 0 Å². The lowest BCUT2D eigenvalue weighted by molar-refractivity contribution is -0.116. The van der Waals surface area contributed by atoms with Gasteiger partial charge in [-0.25, -0.2) is 8.78 Å². The van der Waals surface area contributed by atoms with Crippen LogP contribution in [0.5, 0.6) is 0 Å². The standard InChI is InChI=1S/C21H15Cl3F2N4O4/c1-21(23,24)9-16(31)27-10-2-3-12(22)11(8-10)19(32)28-14-5-4-13(25)18(17(14)26)29-20(33)15-6-7-34-30-15/h2-8H,9H2,1H3,(H,27,31)(H,28,32)(H,29,33). The van der Waals surface area contributed by atoms with E-state index in [0.717, 1.165) is 18.4 Å². The predicted octanol–water partition coefficient (Wildman–Crippen LogP) is 5.63. The molecule has 0 aliphatic carbocycles. The number of carbonyl (C=O) groups is 3. The summed E-state index contributed by atoms with van der Waals surface area (Å²) in [6.07, 6.45) is 0.895. The molecular formula is C21H15Cl3F2N4O4. The lowest BCUT2D eigenvalue weighted by atomic mass is 10.1. The summed E-state index contributed by atoms with van der Waals surface area (Å²) in [6, 6.07) is 7.06. The number of benzene rings is 2. The summed E-state index contributed by atoms with van der Waals surface area (Å²) in [7, 11) is 0. The number of rotatable bonds is 7. The van der Waals surface area contributed by atoms with E-state index >= 15 is 0 Å². The number of amides is 3. The Kier molecular flexibility index (Phi) is 7.75. The van der Waals surface area contributed by atoms with Gasteiger partial charge in [0.1, 0.15) is 22.1 Å². The Morgan fingerprint density at radius 3 is 2.41 bits per heavy atom. The fourth-order valence-electron chi connectivity index (χ4n) is 2.72. The number of anilines is 3. The van der Waals surface area contributed by atoms with Crippen LogP contribution in [0.3, 0.4) is 0 Å². The highest BCUT2D eigenvalue weighted by Gasteiger charge is 2.23. The molecule has 1 aromatic heterocycles. The van der Waals surface area contributed by atoms with Gasteiger partial charge in [0.15, 0.2) is 11.5 Å². The highest BCUT2D eigenvalue weighted by atomic mass is 35.5. The van der Waals surface area contributed by atoms with E-state index in [9.17, 15) is 23.2 Å². The van der Waals surface area contributed by atoms with Crippen LogP contribution in [-0.4, -0.2) is 27.2 Å². The molecule has 0 radical (unpaired) electrons. The number of hydrogen-bond acceptors (Lipinski definition) is 5. The van der Waals surface area contributed by atoms with Crippen LogP contribution < -0.4 is 16.0 Å². The maximum absolute atomic E-state index is 14.9. The molecule has 1 heterocycles. The first-order valence-corrected chi connectivity index (χ1v) is 10.6. The fourth-order valence-corrected chi connectivity index (χ4v) is 3.17. The molecule has 0 spiro atoms. The van der Waals surface area contributed by atoms with Gasteiger partial charge < -0.3 is 20.5 Å². The lowest BCUT2D eigenvalue weighted by Gasteiger charge is -2.14. The highest BCUT2D eigenvalue weighted by Crippen LogP contribution is 2.29. The molecule has 0 atom stereocenters. The summed E-state index contributed by atoms with van der Waals surface area (Å²) in [6.45, 7) is 1.44. The van der Waals surface area contributed by atoms with Gasteiger partial charge in [-0.2, -0.15) is 0 Å². The minimum absolute atomic E-state index is 0.00268. The number of hydrogen-bond donors (Lipinski definition) is 3. The third kappa shape index (κ3) is 6.43. The van der Waals surface area contributed by atoms with Crippen LogP contribution in [0.25, 0.3) is 0 Å². The molecule has 0 aliphatic heterocycles. The van der Waals surface area contributed by atoms with Crippen molar-refractivity contribution in [3.63, 3.8) is 0 Å². The van der Waals surface area contributed by atoms with Gasteiger partial charge in [0.25, 0.3) is 11.8 Å². The Morgan fingerprint density at radius 2 is 1.76 bits per heavy atom. The number of carbonyl (C=O) groups excluding carboxylic acids is 3. The molecule has 0 aliphatic rings. The van der Waals surface area contributed by atoms with Crippen LogP contribution in [0.2, 0.25) is 5.02 Å². The van der Waals surface area contributed by atoms with Gasteiger partial charge >= 0.3 is 0 Å². The molecule has 3 aromatic rings. The van der Waals surface area contributed by atoms with Crippen molar-refractivity contribution in [1.82, 2.24) is 5.16 Å². The number of nitrogens with one attached hydrogen (secondary N) is 3. The summed E-state index contributed by atoms with van der Waals surface area (Å²) < 4.78 is 32.3. The van der Waals surface area contributed by atoms with Crippen molar-refractivity contribution >= 4 is 69.6 Å². The van der Waals surface area contributed by atoms with E-state index in [2.05, 4.69) is 20.3 Å². The molecule has 178 valence electrons. The van der Waals surface area contributed by atoms with E-state index in [1.54, 1.807) is 0 Å². The smallest absolute Gasteiger partial charge is 0.277 e. The normalized spacial score (nSPS) is 11.1. The second-order valence-corrected chi connectivity index (χ2v) is 9.34. The van der Waals surface area contributed by atoms with Crippen LogP contribution >= 0.6 is 34.8 Å². The summed E-state index contributed by atoms with van der Waals surface area (Å²) >= 11 is 17.7. The molecular weight excluding hydrogens is 517 g/mol. The van der Waals surface area contributed by atoms with Crippen molar-refractivity contribution in [3.05, 3.63) is 70.6 Å². The quantitative estimate of drug-likeness (QED) is 0.342. The first-order valence-electron chi connectivity index (χ1n) is 9.43. The van der Waals surface area contributed by atoms with E-state index in [1.165, 1.54) is 31.2 Å². The molecule has 34 heavy (non-hydrogen) atoms. The summed E-state index contributed by atoms with van der Waals surface area (Å²) in [5, 5.41) is 10.2. The minimum Gasteiger partial charge on any atom is -0.364 e. The van der Waals surface area contributed by atoms with Gasteiger partial charge in [-0.3, -0.25) is 14.4 Å². The molecule has 0 fully saturated rings. The van der Waals surface area contributed by atoms with Gasteiger partial charge in [0.2, 0.25) is 5.91 Å². The van der Waals surface area contributed by atoms with Crippen LogP contribution in [0.4, 0.5) is 25.8 Å². The van der Waals surface area contributed by atoms with E-state index < -0.39 is 45.1 Å². The van der Waals surface area contributed by atoms with E-state index in [1.807, 2.05) is 5.32 Å². The Labute approximate surface area is 206 Å². The third-order valence-electron chi connectivity index (χ3n) is 4.21. The number of alkyl halides is 2. The van der Waals surface area contributed by atoms with E-state index in [-0.39, 0.29) is 28.4 Å². The summed E-state index contributed by atoms with van der Waals surface area (Å²) in [5.74, 6) is -4.63. The zero-order valence-electron chi connectivity index (χ0n) is 17.2. The Morgan fingerprint density at radius 1 is 1.03 bits per heavy atom. The van der Waals surface area contributed by atoms with Gasteiger partial charge in [-0.1, -0.05) is 16.8 Å². The van der Waals surface area contributed by atoms with Gasteiger partial charge in [-0.05, 0) is 37.3 Å². The Bertz CT molecular complexity index is 1250. The molecule has 0 unspecified atom stereocenters. The van der Waals surface area contributed by atoms with Crippen molar-refractivity contribution in [2.45, 2.75) is 17.7 Å². The van der Waals surface area contributed by atoms with Crippen LogP contribution in [0.1, 0.15) is 34.2 Å². The molecule has 2 aromatic carbocycles. The highest BCUT2D eigenvalue weighted by molar-refractivity contribution is 6.49. The monoisotopic (exact) mass is 530 g/mol. The van der Waals surface area contributed by atoms with Gasteiger partial charge in [0.05, 0.1) is 22.7 Å². The average Bonchev–Trinajstić information content (AvgIpc) is 3.28. The minimum atomic E-state index is -1.29. The predicted molar refractivity (Wildman–Crippen MR) is 124 cm³/mol. The largest absolute Gasteiger partial charge is 0.364 e. The topological polar surface area (TPSA) is 113 Å². The average molecular weight is 532 g/mol. The van der Waals surface area contributed by atoms with Crippen LogP contribution in [0, 0.1) is 11.6 Å². The lowest BCUT2D eigenvalue weighted by Crippen LogP contribution is -2.21. The maximum atomic E-state index is 14.9. The second kappa shape index (κ2) is 10.4. The van der Waals surface area contributed by atoms with E-state index in [4.69, 9.17) is 34.8 Å². The number of halogens is 5. The molecule has 0 saturated heterocycles. The van der Waals surface area contributed by atoms with Crippen molar-refractivity contribution in [1.29, 1.82) is 0 Å². The molecule has 8 nitrogen and oxygen atoms in total.